The maximum Gasteiger partial charge on any atom is 0.243 e. The van der Waals surface area contributed by atoms with Crippen molar-refractivity contribution in [1.82, 2.24) is 26.6 Å². The van der Waals surface area contributed by atoms with Crippen molar-refractivity contribution < 1.29 is 28.8 Å². The maximum absolute atomic E-state index is 12.5. The Labute approximate surface area is 203 Å². The summed E-state index contributed by atoms with van der Waals surface area (Å²) in [6.07, 6.45) is 0.398. The number of carbonyl (C=O) groups excluding carboxylic acids is 6. The second-order valence-corrected chi connectivity index (χ2v) is 10.4. The predicted octanol–water partition coefficient (Wildman–Crippen LogP) is -2.34. The Hall–Kier alpha value is -2.96. The molecule has 0 aliphatic carbocycles. The first-order valence-electron chi connectivity index (χ1n) is 11.5. The third-order valence-corrected chi connectivity index (χ3v) is 6.05. The monoisotopic (exact) mass is 500 g/mol. The van der Waals surface area contributed by atoms with Gasteiger partial charge < -0.3 is 32.3 Å². The molecule has 0 aromatic carbocycles. The lowest BCUT2D eigenvalue weighted by atomic mass is 10.0. The predicted molar refractivity (Wildman–Crippen MR) is 130 cm³/mol. The maximum atomic E-state index is 12.5. The molecule has 0 aliphatic rings. The van der Waals surface area contributed by atoms with Crippen LogP contribution in [-0.4, -0.2) is 75.2 Å². The fraction of sp³-hybridized carbons (Fsp3) is 0.714. The van der Waals surface area contributed by atoms with Gasteiger partial charge in [-0.25, -0.2) is 0 Å². The van der Waals surface area contributed by atoms with Crippen LogP contribution in [0.3, 0.4) is 0 Å². The van der Waals surface area contributed by atoms with Gasteiger partial charge in [0.25, 0.3) is 0 Å². The first kappa shape index (κ1) is 31.0. The summed E-state index contributed by atoms with van der Waals surface area (Å²) in [6, 6.07) is -3.98. The van der Waals surface area contributed by atoms with Crippen molar-refractivity contribution in [2.45, 2.75) is 90.8 Å². The molecule has 0 radical (unpaired) electrons. The van der Waals surface area contributed by atoms with Gasteiger partial charge in [-0.1, -0.05) is 20.4 Å². The smallest absolute Gasteiger partial charge is 0.243 e. The zero-order valence-corrected chi connectivity index (χ0v) is 22.5. The highest BCUT2D eigenvalue weighted by atomic mass is 28.2. The van der Waals surface area contributed by atoms with E-state index in [2.05, 4.69) is 26.6 Å². The first-order valence-corrected chi connectivity index (χ1v) is 13.9. The number of amides is 6. The van der Waals surface area contributed by atoms with Crippen LogP contribution in [0, 0.1) is 5.92 Å². The van der Waals surface area contributed by atoms with Crippen LogP contribution in [0.4, 0.5) is 0 Å². The largest absolute Gasteiger partial charge is 0.368 e. The van der Waals surface area contributed by atoms with Gasteiger partial charge in [-0.2, -0.15) is 0 Å². The van der Waals surface area contributed by atoms with E-state index in [1.807, 2.05) is 20.4 Å². The Bertz CT molecular complexity index is 762. The van der Waals surface area contributed by atoms with Crippen molar-refractivity contribution in [2.75, 3.05) is 0 Å². The lowest BCUT2D eigenvalue weighted by Crippen LogP contribution is -2.57. The van der Waals surface area contributed by atoms with E-state index in [-0.39, 0.29) is 11.8 Å². The number of carbonyl (C=O) groups is 6. The van der Waals surface area contributed by atoms with Gasteiger partial charge >= 0.3 is 0 Å². The second kappa shape index (κ2) is 15.0. The molecule has 0 rings (SSSR count). The lowest BCUT2D eigenvalue weighted by Gasteiger charge is -2.23. The molecule has 0 aliphatic heterocycles. The molecule has 0 bridgehead atoms. The van der Waals surface area contributed by atoms with E-state index in [4.69, 9.17) is 5.73 Å². The molecule has 194 valence electrons. The Kier molecular flexibility index (Phi) is 13.7. The number of rotatable bonds is 14. The highest BCUT2D eigenvalue weighted by molar-refractivity contribution is 6.34. The zero-order valence-electron chi connectivity index (χ0n) is 21.1. The first-order chi connectivity index (χ1) is 15.7. The Balaban J connectivity index is 4.84. The van der Waals surface area contributed by atoms with Crippen molar-refractivity contribution in [3.63, 3.8) is 0 Å². The van der Waals surface area contributed by atoms with Gasteiger partial charge in [0.15, 0.2) is 0 Å². The summed E-state index contributed by atoms with van der Waals surface area (Å²) in [5.41, 5.74) is 5.29. The van der Waals surface area contributed by atoms with Crippen molar-refractivity contribution >= 4 is 45.0 Å². The van der Waals surface area contributed by atoms with Crippen LogP contribution in [0.5, 0.6) is 0 Å². The molecule has 0 fully saturated rings. The van der Waals surface area contributed by atoms with Gasteiger partial charge in [-0.15, -0.1) is 0 Å². The summed E-state index contributed by atoms with van der Waals surface area (Å²) in [5.74, 6) is -3.16. The summed E-state index contributed by atoms with van der Waals surface area (Å²) in [7, 11) is -0.526. The standard InChI is InChI=1S/C21H40N6O6Si/c1-10(2)8-15(26-14(6)28)21(33)25-12(4)19(31)23-11(3)18(30)24-13(5)20(32)27-16(9-34-7)17(22)29/h10-13,15-16H,8-9,34H2,1-7H3,(H2,22,29)(H,23,31)(H,24,30)(H,25,33)(H,26,28)(H,27,32)/t11-,12-,13-,15-,16-/m0/s1. The summed E-state index contributed by atoms with van der Waals surface area (Å²) in [5, 5.41) is 12.6. The lowest BCUT2D eigenvalue weighted by molar-refractivity contribution is -0.134. The molecule has 0 saturated heterocycles. The van der Waals surface area contributed by atoms with Crippen LogP contribution in [-0.2, 0) is 28.8 Å². The Morgan fingerprint density at radius 2 is 1.09 bits per heavy atom. The van der Waals surface area contributed by atoms with E-state index in [9.17, 15) is 28.8 Å². The SMILES string of the molecule is C[SiH2]C[C@H](NC(=O)[C@H](C)NC(=O)[C@H](C)NC(=O)[C@H](C)NC(=O)[C@H](CC(C)C)NC(C)=O)C(N)=O. The Morgan fingerprint density at radius 3 is 1.44 bits per heavy atom. The molecule has 0 saturated carbocycles. The van der Waals surface area contributed by atoms with Crippen molar-refractivity contribution in [1.29, 1.82) is 0 Å². The minimum Gasteiger partial charge on any atom is -0.368 e. The van der Waals surface area contributed by atoms with Gasteiger partial charge in [0.2, 0.25) is 35.4 Å². The molecule has 5 atom stereocenters. The van der Waals surface area contributed by atoms with Gasteiger partial charge in [0.05, 0.1) is 0 Å². The minimum atomic E-state index is -1.00. The quantitative estimate of drug-likeness (QED) is 0.145. The highest BCUT2D eigenvalue weighted by Gasteiger charge is 2.27. The van der Waals surface area contributed by atoms with Gasteiger partial charge in [-0.3, -0.25) is 28.8 Å². The molecule has 0 aromatic heterocycles. The van der Waals surface area contributed by atoms with Crippen molar-refractivity contribution in [3.05, 3.63) is 0 Å². The van der Waals surface area contributed by atoms with Gasteiger partial charge in [0, 0.05) is 16.4 Å². The van der Waals surface area contributed by atoms with Crippen LogP contribution < -0.4 is 32.3 Å². The fourth-order valence-corrected chi connectivity index (χ4v) is 4.01. The molecule has 12 nitrogen and oxygen atoms in total. The summed E-state index contributed by atoms with van der Waals surface area (Å²) < 4.78 is 0. The van der Waals surface area contributed by atoms with E-state index in [0.717, 1.165) is 0 Å². The molecular weight excluding hydrogens is 460 g/mol. The molecule has 34 heavy (non-hydrogen) atoms. The van der Waals surface area contributed by atoms with Gasteiger partial charge in [0.1, 0.15) is 30.2 Å². The minimum absolute atomic E-state index is 0.136. The second-order valence-electron chi connectivity index (χ2n) is 8.83. The third kappa shape index (κ3) is 11.8. The highest BCUT2D eigenvalue weighted by Crippen LogP contribution is 2.05. The van der Waals surface area contributed by atoms with E-state index in [1.165, 1.54) is 27.7 Å². The van der Waals surface area contributed by atoms with Crippen LogP contribution in [0.25, 0.3) is 0 Å². The molecule has 6 amide bonds. The topological polar surface area (TPSA) is 189 Å². The molecule has 13 heteroatoms. The number of nitrogens with two attached hydrogens (primary N) is 1. The summed E-state index contributed by atoms with van der Waals surface area (Å²) in [4.78, 5) is 72.4. The molecule has 0 unspecified atom stereocenters. The van der Waals surface area contributed by atoms with Crippen LogP contribution in [0.2, 0.25) is 12.6 Å². The van der Waals surface area contributed by atoms with Crippen LogP contribution >= 0.6 is 0 Å². The van der Waals surface area contributed by atoms with E-state index < -0.39 is 69.3 Å². The zero-order chi connectivity index (χ0) is 26.6. The molecular formula is C21H40N6O6Si. The molecule has 0 aromatic rings. The van der Waals surface area contributed by atoms with Crippen molar-refractivity contribution in [2.24, 2.45) is 11.7 Å². The average Bonchev–Trinajstić information content (AvgIpc) is 2.71. The normalized spacial score (nSPS) is 15.5. The van der Waals surface area contributed by atoms with E-state index >= 15 is 0 Å². The number of nitrogens with one attached hydrogen (secondary N) is 5. The van der Waals surface area contributed by atoms with Crippen LogP contribution in [0.15, 0.2) is 0 Å². The van der Waals surface area contributed by atoms with E-state index in [1.54, 1.807) is 0 Å². The number of primary amides is 1. The fourth-order valence-electron chi connectivity index (χ4n) is 3.01. The molecule has 0 spiro atoms. The van der Waals surface area contributed by atoms with Gasteiger partial charge in [-0.05, 0) is 39.2 Å². The third-order valence-electron chi connectivity index (χ3n) is 4.89. The average molecular weight is 501 g/mol. The van der Waals surface area contributed by atoms with Crippen molar-refractivity contribution in [3.8, 4) is 0 Å². The van der Waals surface area contributed by atoms with E-state index in [0.29, 0.717) is 12.5 Å². The number of hydrogen-bond acceptors (Lipinski definition) is 6. The Morgan fingerprint density at radius 1 is 0.676 bits per heavy atom. The summed E-state index contributed by atoms with van der Waals surface area (Å²) in [6.45, 7) is 11.4. The number of hydrogen-bond donors (Lipinski definition) is 6. The summed E-state index contributed by atoms with van der Waals surface area (Å²) >= 11 is 0. The molecule has 0 heterocycles. The van der Waals surface area contributed by atoms with Crippen LogP contribution in [0.1, 0.15) is 48.0 Å². The molecule has 7 N–H and O–H groups in total.